The normalized spacial score (nSPS) is 11.1. The van der Waals surface area contributed by atoms with E-state index in [0.29, 0.717) is 16.7 Å². The van der Waals surface area contributed by atoms with Crippen molar-refractivity contribution in [3.63, 3.8) is 0 Å². The van der Waals surface area contributed by atoms with Gasteiger partial charge in [0.15, 0.2) is 0 Å². The average molecular weight is 636 g/mol. The van der Waals surface area contributed by atoms with E-state index in [-0.39, 0.29) is 0 Å². The van der Waals surface area contributed by atoms with Crippen molar-refractivity contribution in [2.75, 3.05) is 0 Å². The molecule has 0 amide bonds. The zero-order valence-corrected chi connectivity index (χ0v) is 26.7. The van der Waals surface area contributed by atoms with Crippen molar-refractivity contribution in [2.24, 2.45) is 0 Å². The molecule has 0 aliphatic rings. The number of rotatable bonds is 4. The lowest BCUT2D eigenvalue weighted by Gasteiger charge is -2.15. The molecule has 2 aromatic heterocycles. The highest BCUT2D eigenvalue weighted by Gasteiger charge is 2.17. The maximum atomic E-state index is 9.85. The van der Waals surface area contributed by atoms with Crippen molar-refractivity contribution in [3.8, 4) is 51.8 Å². The fourth-order valence-corrected chi connectivity index (χ4v) is 7.30. The predicted octanol–water partition coefficient (Wildman–Crippen LogP) is 10.8. The zero-order chi connectivity index (χ0) is 33.8. The molecular formula is C45H25N5. The van der Waals surface area contributed by atoms with Crippen molar-refractivity contribution in [3.05, 3.63) is 168 Å². The van der Waals surface area contributed by atoms with Crippen LogP contribution in [-0.4, -0.2) is 9.13 Å². The molecule has 0 N–H and O–H groups in total. The minimum absolute atomic E-state index is 0.586. The van der Waals surface area contributed by atoms with Crippen LogP contribution in [0.3, 0.4) is 0 Å². The molecule has 0 aliphatic carbocycles. The van der Waals surface area contributed by atoms with Gasteiger partial charge in [0.25, 0.3) is 0 Å². The summed E-state index contributed by atoms with van der Waals surface area (Å²) in [5, 5.41) is 33.4. The smallest absolute Gasteiger partial charge is 0.0992 e. The molecule has 0 atom stereocenters. The second-order valence-corrected chi connectivity index (χ2v) is 12.4. The largest absolute Gasteiger partial charge is 0.309 e. The number of fused-ring (bicyclic) bond motifs is 6. The molecular weight excluding hydrogens is 611 g/mol. The van der Waals surface area contributed by atoms with Gasteiger partial charge in [0.05, 0.1) is 62.7 Å². The number of nitrogens with zero attached hydrogens (tertiary/aromatic N) is 5. The van der Waals surface area contributed by atoms with Crippen molar-refractivity contribution in [1.29, 1.82) is 15.8 Å². The van der Waals surface area contributed by atoms with Gasteiger partial charge < -0.3 is 9.13 Å². The molecule has 7 aromatic carbocycles. The Balaban J connectivity index is 1.13. The zero-order valence-electron chi connectivity index (χ0n) is 26.7. The summed E-state index contributed by atoms with van der Waals surface area (Å²) >= 11 is 0. The van der Waals surface area contributed by atoms with Crippen LogP contribution in [0.1, 0.15) is 16.7 Å². The quantitative estimate of drug-likeness (QED) is 0.193. The first kappa shape index (κ1) is 28.8. The van der Waals surface area contributed by atoms with Gasteiger partial charge in [-0.2, -0.15) is 15.8 Å². The molecule has 9 aromatic rings. The molecule has 5 nitrogen and oxygen atoms in total. The highest BCUT2D eigenvalue weighted by Crippen LogP contribution is 2.38. The number of benzene rings is 7. The van der Waals surface area contributed by atoms with Gasteiger partial charge in [0, 0.05) is 32.8 Å². The van der Waals surface area contributed by atoms with Crippen molar-refractivity contribution in [2.45, 2.75) is 0 Å². The number of aromatic nitrogens is 2. The molecule has 0 radical (unpaired) electrons. The SMILES string of the molecule is N#Cc1ccc(-n2c3ccccc3c3cc(C#N)ccc32)c(-c2ccc(-c3ccc(-n4c5ccccc5c5ccc(C#N)cc54)cc3)cc2)c1. The van der Waals surface area contributed by atoms with Crippen LogP contribution in [0.25, 0.3) is 77.2 Å². The molecule has 2 heterocycles. The lowest BCUT2D eigenvalue weighted by Crippen LogP contribution is -1.98. The van der Waals surface area contributed by atoms with Crippen LogP contribution in [0.4, 0.5) is 0 Å². The third-order valence-electron chi connectivity index (χ3n) is 9.63. The standard InChI is InChI=1S/C45H25N5/c46-26-29-10-21-43(50-42-8-4-2-6-37(42)40-24-30(27-47)11-22-44(40)50)39(23-29)34-14-12-32(13-15-34)33-16-18-35(19-17-33)49-41-7-3-1-5-36(41)38-20-9-31(28-48)25-45(38)49/h1-25H. The van der Waals surface area contributed by atoms with Gasteiger partial charge in [0.2, 0.25) is 0 Å². The monoisotopic (exact) mass is 635 g/mol. The second kappa shape index (κ2) is 11.4. The highest BCUT2D eigenvalue weighted by atomic mass is 15.0. The Morgan fingerprint density at radius 1 is 0.360 bits per heavy atom. The van der Waals surface area contributed by atoms with Crippen LogP contribution >= 0.6 is 0 Å². The lowest BCUT2D eigenvalue weighted by atomic mass is 9.97. The minimum Gasteiger partial charge on any atom is -0.309 e. The summed E-state index contributed by atoms with van der Waals surface area (Å²) in [5.74, 6) is 0. The van der Waals surface area contributed by atoms with Crippen molar-refractivity contribution >= 4 is 43.6 Å². The topological polar surface area (TPSA) is 81.2 Å². The summed E-state index contributed by atoms with van der Waals surface area (Å²) in [6, 6.07) is 57.9. The van der Waals surface area contributed by atoms with Crippen LogP contribution in [-0.2, 0) is 0 Å². The Morgan fingerprint density at radius 2 is 0.860 bits per heavy atom. The van der Waals surface area contributed by atoms with Gasteiger partial charge in [-0.15, -0.1) is 0 Å². The molecule has 0 spiro atoms. The average Bonchev–Trinajstić information content (AvgIpc) is 3.69. The molecule has 230 valence electrons. The van der Waals surface area contributed by atoms with Gasteiger partial charge >= 0.3 is 0 Å². The van der Waals surface area contributed by atoms with Gasteiger partial charge in [-0.25, -0.2) is 0 Å². The Morgan fingerprint density at radius 3 is 1.56 bits per heavy atom. The van der Waals surface area contributed by atoms with E-state index in [4.69, 9.17) is 0 Å². The Bertz CT molecular complexity index is 2940. The van der Waals surface area contributed by atoms with Crippen LogP contribution in [0.5, 0.6) is 0 Å². The molecule has 9 rings (SSSR count). The van der Waals surface area contributed by atoms with E-state index >= 15 is 0 Å². The highest BCUT2D eigenvalue weighted by molar-refractivity contribution is 6.11. The Kier molecular flexibility index (Phi) is 6.56. The van der Waals surface area contributed by atoms with E-state index in [2.05, 4.69) is 100 Å². The van der Waals surface area contributed by atoms with Crippen LogP contribution in [0.2, 0.25) is 0 Å². The molecule has 5 heteroatoms. The summed E-state index contributed by atoms with van der Waals surface area (Å²) in [6.45, 7) is 0. The number of hydrogen-bond donors (Lipinski definition) is 0. The summed E-state index contributed by atoms with van der Waals surface area (Å²) in [4.78, 5) is 0. The van der Waals surface area contributed by atoms with Gasteiger partial charge in [0.1, 0.15) is 0 Å². The molecule has 0 saturated heterocycles. The van der Waals surface area contributed by atoms with Gasteiger partial charge in [-0.05, 0) is 89.5 Å². The van der Waals surface area contributed by atoms with E-state index in [1.807, 2.05) is 78.9 Å². The van der Waals surface area contributed by atoms with Crippen molar-refractivity contribution in [1.82, 2.24) is 9.13 Å². The second-order valence-electron chi connectivity index (χ2n) is 12.4. The van der Waals surface area contributed by atoms with Crippen molar-refractivity contribution < 1.29 is 0 Å². The summed E-state index contributed by atoms with van der Waals surface area (Å²) in [6.07, 6.45) is 0. The van der Waals surface area contributed by atoms with Gasteiger partial charge in [-0.1, -0.05) is 78.9 Å². The maximum absolute atomic E-state index is 9.85. The fraction of sp³-hybridized carbons (Fsp3) is 0. The molecule has 50 heavy (non-hydrogen) atoms. The summed E-state index contributed by atoms with van der Waals surface area (Å²) in [7, 11) is 0. The fourth-order valence-electron chi connectivity index (χ4n) is 7.30. The first-order valence-corrected chi connectivity index (χ1v) is 16.3. The minimum atomic E-state index is 0.586. The summed E-state index contributed by atoms with van der Waals surface area (Å²) < 4.78 is 4.45. The Labute approximate surface area is 287 Å². The first-order chi connectivity index (χ1) is 24.6. The third-order valence-corrected chi connectivity index (χ3v) is 9.63. The van der Waals surface area contributed by atoms with E-state index in [9.17, 15) is 15.8 Å². The molecule has 0 saturated carbocycles. The van der Waals surface area contributed by atoms with Crippen LogP contribution in [0.15, 0.2) is 152 Å². The summed E-state index contributed by atoms with van der Waals surface area (Å²) in [5.41, 5.74) is 12.1. The maximum Gasteiger partial charge on any atom is 0.0992 e. The first-order valence-electron chi connectivity index (χ1n) is 16.3. The van der Waals surface area contributed by atoms with E-state index in [0.717, 1.165) is 77.2 Å². The molecule has 0 aliphatic heterocycles. The van der Waals surface area contributed by atoms with Gasteiger partial charge in [-0.3, -0.25) is 0 Å². The van der Waals surface area contributed by atoms with Crippen LogP contribution in [0, 0.1) is 34.0 Å². The van der Waals surface area contributed by atoms with E-state index in [1.165, 1.54) is 0 Å². The predicted molar refractivity (Wildman–Crippen MR) is 200 cm³/mol. The van der Waals surface area contributed by atoms with Crippen LogP contribution < -0.4 is 0 Å². The molecule has 0 bridgehead atoms. The number of nitriles is 3. The lowest BCUT2D eigenvalue weighted by molar-refractivity contribution is 1.18. The third kappa shape index (κ3) is 4.45. The number of para-hydroxylation sites is 2. The number of hydrogen-bond acceptors (Lipinski definition) is 3. The molecule has 0 unspecified atom stereocenters. The molecule has 0 fully saturated rings. The van der Waals surface area contributed by atoms with E-state index < -0.39 is 0 Å². The Hall–Kier alpha value is -7.39. The van der Waals surface area contributed by atoms with E-state index in [1.54, 1.807) is 0 Å².